The van der Waals surface area contributed by atoms with Crippen LogP contribution in [0.5, 0.6) is 0 Å². The standard InChI is InChI=1S/C10H16O2/c1-7(2)10(12)9-4-3-8(5-9)6-11/h6-9H,3-5H2,1-2H3. The maximum Gasteiger partial charge on any atom is 0.138 e. The molecule has 68 valence electrons. The lowest BCUT2D eigenvalue weighted by molar-refractivity contribution is -0.125. The maximum atomic E-state index is 11.5. The molecule has 0 bridgehead atoms. The number of ketones is 1. The second kappa shape index (κ2) is 3.83. The smallest absolute Gasteiger partial charge is 0.138 e. The molecule has 0 heterocycles. The van der Waals surface area contributed by atoms with Gasteiger partial charge in [-0.15, -0.1) is 0 Å². The van der Waals surface area contributed by atoms with Crippen molar-refractivity contribution in [2.24, 2.45) is 17.8 Å². The fraction of sp³-hybridized carbons (Fsp3) is 0.800. The number of carbonyl (C=O) groups is 2. The summed E-state index contributed by atoms with van der Waals surface area (Å²) in [6, 6.07) is 0. The van der Waals surface area contributed by atoms with Gasteiger partial charge < -0.3 is 4.79 Å². The van der Waals surface area contributed by atoms with Gasteiger partial charge in [-0.2, -0.15) is 0 Å². The number of rotatable bonds is 3. The van der Waals surface area contributed by atoms with E-state index in [0.29, 0.717) is 5.78 Å². The van der Waals surface area contributed by atoms with Gasteiger partial charge in [0.15, 0.2) is 0 Å². The largest absolute Gasteiger partial charge is 0.303 e. The molecule has 1 rings (SSSR count). The Balaban J connectivity index is 2.46. The predicted molar refractivity (Wildman–Crippen MR) is 46.7 cm³/mol. The van der Waals surface area contributed by atoms with Crippen LogP contribution in [0.3, 0.4) is 0 Å². The van der Waals surface area contributed by atoms with Crippen molar-refractivity contribution in [3.05, 3.63) is 0 Å². The highest BCUT2D eigenvalue weighted by molar-refractivity contribution is 5.83. The molecule has 0 amide bonds. The lowest BCUT2D eigenvalue weighted by Crippen LogP contribution is -2.17. The maximum absolute atomic E-state index is 11.5. The number of hydrogen-bond acceptors (Lipinski definition) is 2. The van der Waals surface area contributed by atoms with Crippen LogP contribution >= 0.6 is 0 Å². The molecular weight excluding hydrogens is 152 g/mol. The van der Waals surface area contributed by atoms with Gasteiger partial charge in [-0.05, 0) is 19.3 Å². The summed E-state index contributed by atoms with van der Waals surface area (Å²) in [5.74, 6) is 0.776. The predicted octanol–water partition coefficient (Wildman–Crippen LogP) is 1.83. The summed E-state index contributed by atoms with van der Waals surface area (Å²) in [5, 5.41) is 0. The molecule has 1 fully saturated rings. The van der Waals surface area contributed by atoms with E-state index in [1.165, 1.54) is 0 Å². The molecule has 0 saturated heterocycles. The van der Waals surface area contributed by atoms with Gasteiger partial charge in [-0.1, -0.05) is 13.8 Å². The van der Waals surface area contributed by atoms with E-state index in [1.54, 1.807) is 0 Å². The zero-order valence-corrected chi connectivity index (χ0v) is 7.75. The van der Waals surface area contributed by atoms with Crippen LogP contribution in [0.2, 0.25) is 0 Å². The first-order valence-electron chi connectivity index (χ1n) is 4.64. The zero-order chi connectivity index (χ0) is 9.14. The highest BCUT2D eigenvalue weighted by Gasteiger charge is 2.30. The first-order chi connectivity index (χ1) is 5.65. The molecule has 1 aliphatic rings. The molecule has 0 radical (unpaired) electrons. The van der Waals surface area contributed by atoms with Gasteiger partial charge in [-0.3, -0.25) is 4.79 Å². The summed E-state index contributed by atoms with van der Waals surface area (Å²) in [6.45, 7) is 3.85. The second-order valence-electron chi connectivity index (χ2n) is 3.96. The highest BCUT2D eigenvalue weighted by Crippen LogP contribution is 2.31. The molecule has 1 saturated carbocycles. The minimum Gasteiger partial charge on any atom is -0.303 e. The summed E-state index contributed by atoms with van der Waals surface area (Å²) in [6.07, 6.45) is 3.61. The Morgan fingerprint density at radius 3 is 2.50 bits per heavy atom. The molecule has 0 aromatic heterocycles. The van der Waals surface area contributed by atoms with Gasteiger partial charge in [0.1, 0.15) is 12.1 Å². The molecular formula is C10H16O2. The number of carbonyl (C=O) groups excluding carboxylic acids is 2. The summed E-state index contributed by atoms with van der Waals surface area (Å²) in [5.41, 5.74) is 0. The van der Waals surface area contributed by atoms with Crippen LogP contribution in [0.1, 0.15) is 33.1 Å². The molecule has 2 nitrogen and oxygen atoms in total. The Morgan fingerprint density at radius 2 is 2.08 bits per heavy atom. The van der Waals surface area contributed by atoms with E-state index in [-0.39, 0.29) is 17.8 Å². The van der Waals surface area contributed by atoms with Crippen molar-refractivity contribution < 1.29 is 9.59 Å². The molecule has 0 N–H and O–H groups in total. The summed E-state index contributed by atoms with van der Waals surface area (Å²) >= 11 is 0. The SMILES string of the molecule is CC(C)C(=O)C1CCC(C=O)C1. The quantitative estimate of drug-likeness (QED) is 0.602. The van der Waals surface area contributed by atoms with Crippen molar-refractivity contribution in [2.45, 2.75) is 33.1 Å². The van der Waals surface area contributed by atoms with E-state index in [4.69, 9.17) is 0 Å². The molecule has 2 heteroatoms. The number of Topliss-reactive ketones (excluding diaryl/α,β-unsaturated/α-hetero) is 1. The summed E-state index contributed by atoms with van der Waals surface area (Å²) in [4.78, 5) is 21.9. The van der Waals surface area contributed by atoms with Gasteiger partial charge in [-0.25, -0.2) is 0 Å². The van der Waals surface area contributed by atoms with E-state index < -0.39 is 0 Å². The normalized spacial score (nSPS) is 29.2. The lowest BCUT2D eigenvalue weighted by Gasteiger charge is -2.10. The van der Waals surface area contributed by atoms with E-state index in [1.807, 2.05) is 13.8 Å². The second-order valence-corrected chi connectivity index (χ2v) is 3.96. The van der Waals surface area contributed by atoms with Gasteiger partial charge in [0.05, 0.1) is 0 Å². The monoisotopic (exact) mass is 168 g/mol. The van der Waals surface area contributed by atoms with Gasteiger partial charge in [0, 0.05) is 17.8 Å². The van der Waals surface area contributed by atoms with Gasteiger partial charge >= 0.3 is 0 Å². The minimum atomic E-state index is 0.125. The fourth-order valence-corrected chi connectivity index (χ4v) is 1.87. The van der Waals surface area contributed by atoms with Crippen molar-refractivity contribution >= 4 is 12.1 Å². The molecule has 0 spiro atoms. The fourth-order valence-electron chi connectivity index (χ4n) is 1.87. The third kappa shape index (κ3) is 1.93. The third-order valence-corrected chi connectivity index (χ3v) is 2.64. The first-order valence-corrected chi connectivity index (χ1v) is 4.64. The topological polar surface area (TPSA) is 34.1 Å². The van der Waals surface area contributed by atoms with Crippen LogP contribution in [0.25, 0.3) is 0 Å². The Hall–Kier alpha value is -0.660. The Morgan fingerprint density at radius 1 is 1.42 bits per heavy atom. The van der Waals surface area contributed by atoms with Crippen LogP contribution < -0.4 is 0 Å². The highest BCUT2D eigenvalue weighted by atomic mass is 16.1. The molecule has 12 heavy (non-hydrogen) atoms. The van der Waals surface area contributed by atoms with Crippen molar-refractivity contribution in [2.75, 3.05) is 0 Å². The van der Waals surface area contributed by atoms with E-state index in [0.717, 1.165) is 25.5 Å². The summed E-state index contributed by atoms with van der Waals surface area (Å²) < 4.78 is 0. The van der Waals surface area contributed by atoms with Gasteiger partial charge in [0.25, 0.3) is 0 Å². The Bertz CT molecular complexity index is 184. The molecule has 0 aromatic rings. The van der Waals surface area contributed by atoms with E-state index in [2.05, 4.69) is 0 Å². The van der Waals surface area contributed by atoms with Crippen LogP contribution in [0.15, 0.2) is 0 Å². The lowest BCUT2D eigenvalue weighted by atomic mass is 9.93. The van der Waals surface area contributed by atoms with Crippen molar-refractivity contribution in [1.82, 2.24) is 0 Å². The van der Waals surface area contributed by atoms with Crippen molar-refractivity contribution in [3.63, 3.8) is 0 Å². The molecule has 2 atom stereocenters. The van der Waals surface area contributed by atoms with Gasteiger partial charge in [0.2, 0.25) is 0 Å². The first kappa shape index (κ1) is 9.43. The Labute approximate surface area is 73.3 Å². The van der Waals surface area contributed by atoms with Crippen LogP contribution in [0, 0.1) is 17.8 Å². The van der Waals surface area contributed by atoms with Crippen molar-refractivity contribution in [1.29, 1.82) is 0 Å². The average Bonchev–Trinajstić information content (AvgIpc) is 2.50. The summed E-state index contributed by atoms with van der Waals surface area (Å²) in [7, 11) is 0. The van der Waals surface area contributed by atoms with Crippen LogP contribution in [0.4, 0.5) is 0 Å². The van der Waals surface area contributed by atoms with Crippen LogP contribution in [-0.4, -0.2) is 12.1 Å². The van der Waals surface area contributed by atoms with Crippen molar-refractivity contribution in [3.8, 4) is 0 Å². The average molecular weight is 168 g/mol. The molecule has 0 aromatic carbocycles. The van der Waals surface area contributed by atoms with E-state index >= 15 is 0 Å². The van der Waals surface area contributed by atoms with E-state index in [9.17, 15) is 9.59 Å². The molecule has 2 unspecified atom stereocenters. The number of hydrogen-bond donors (Lipinski definition) is 0. The third-order valence-electron chi connectivity index (χ3n) is 2.64. The Kier molecular flexibility index (Phi) is 3.01. The zero-order valence-electron chi connectivity index (χ0n) is 7.75. The minimum absolute atomic E-state index is 0.125. The molecule has 1 aliphatic carbocycles. The number of aldehydes is 1. The molecule has 0 aliphatic heterocycles. The van der Waals surface area contributed by atoms with Crippen LogP contribution in [-0.2, 0) is 9.59 Å².